The Labute approximate surface area is 101 Å². The molecule has 0 aliphatic heterocycles. The van der Waals surface area contributed by atoms with E-state index in [4.69, 9.17) is 0 Å². The smallest absolute Gasteiger partial charge is 0.138 e. The van der Waals surface area contributed by atoms with Crippen molar-refractivity contribution >= 4 is 11.8 Å². The van der Waals surface area contributed by atoms with Crippen LogP contribution < -0.4 is 5.32 Å². The molecule has 1 saturated carbocycles. The minimum absolute atomic E-state index is 0.743. The molecule has 16 heavy (non-hydrogen) atoms. The van der Waals surface area contributed by atoms with E-state index in [1.807, 2.05) is 24.0 Å². The Hall–Kier alpha value is -0.610. The first-order valence-electron chi connectivity index (χ1n) is 6.00. The van der Waals surface area contributed by atoms with Crippen LogP contribution >= 0.6 is 11.8 Å². The zero-order valence-corrected chi connectivity index (χ0v) is 10.6. The first kappa shape index (κ1) is 11.9. The molecular formula is C12H19N3S. The van der Waals surface area contributed by atoms with Crippen LogP contribution in [0.3, 0.4) is 0 Å². The fourth-order valence-electron chi connectivity index (χ4n) is 1.45. The van der Waals surface area contributed by atoms with E-state index in [1.165, 1.54) is 25.0 Å². The lowest BCUT2D eigenvalue weighted by molar-refractivity contribution is 0.670. The maximum Gasteiger partial charge on any atom is 0.138 e. The molecule has 0 radical (unpaired) electrons. The number of nitrogens with zero attached hydrogens (tertiary/aromatic N) is 2. The van der Waals surface area contributed by atoms with Gasteiger partial charge >= 0.3 is 0 Å². The van der Waals surface area contributed by atoms with Crippen molar-refractivity contribution in [1.82, 2.24) is 15.3 Å². The Kier molecular flexibility index (Phi) is 4.60. The second-order valence-corrected chi connectivity index (χ2v) is 5.28. The first-order valence-corrected chi connectivity index (χ1v) is 7.16. The van der Waals surface area contributed by atoms with Crippen molar-refractivity contribution in [3.8, 4) is 0 Å². The third kappa shape index (κ3) is 4.10. The highest BCUT2D eigenvalue weighted by Gasteiger charge is 2.20. The lowest BCUT2D eigenvalue weighted by Gasteiger charge is -2.04. The van der Waals surface area contributed by atoms with E-state index >= 15 is 0 Å². The number of aromatic nitrogens is 2. The summed E-state index contributed by atoms with van der Waals surface area (Å²) in [7, 11) is 0. The Morgan fingerprint density at radius 2 is 2.38 bits per heavy atom. The Morgan fingerprint density at radius 1 is 1.50 bits per heavy atom. The van der Waals surface area contributed by atoms with E-state index in [1.54, 1.807) is 0 Å². The molecule has 0 atom stereocenters. The van der Waals surface area contributed by atoms with Gasteiger partial charge < -0.3 is 5.32 Å². The van der Waals surface area contributed by atoms with Gasteiger partial charge in [0.25, 0.3) is 0 Å². The van der Waals surface area contributed by atoms with Gasteiger partial charge in [0.1, 0.15) is 5.82 Å². The van der Waals surface area contributed by atoms with Crippen LogP contribution in [0.2, 0.25) is 0 Å². The second-order valence-electron chi connectivity index (χ2n) is 4.17. The molecule has 0 spiro atoms. The van der Waals surface area contributed by atoms with Crippen LogP contribution in [0, 0.1) is 0 Å². The Balaban J connectivity index is 1.80. The summed E-state index contributed by atoms with van der Waals surface area (Å²) in [6.45, 7) is 3.09. The van der Waals surface area contributed by atoms with Gasteiger partial charge in [-0.3, -0.25) is 0 Å². The van der Waals surface area contributed by atoms with Crippen LogP contribution in [0.5, 0.6) is 0 Å². The van der Waals surface area contributed by atoms with Gasteiger partial charge in [-0.2, -0.15) is 11.8 Å². The summed E-state index contributed by atoms with van der Waals surface area (Å²) < 4.78 is 0. The Morgan fingerprint density at radius 3 is 3.12 bits per heavy atom. The Bertz CT molecular complexity index is 326. The minimum Gasteiger partial charge on any atom is -0.308 e. The standard InChI is InChI=1S/C12H19N3S/c1-2-7-16-9-12-13-6-5-11(15-12)8-14-10-3-4-10/h5-6,10,14H,2-4,7-9H2,1H3. The van der Waals surface area contributed by atoms with E-state index in [2.05, 4.69) is 22.2 Å². The highest BCUT2D eigenvalue weighted by Crippen LogP contribution is 2.19. The fourth-order valence-corrected chi connectivity index (χ4v) is 2.21. The molecule has 1 heterocycles. The molecule has 1 fully saturated rings. The van der Waals surface area contributed by atoms with Gasteiger partial charge in [-0.05, 0) is 31.1 Å². The zero-order chi connectivity index (χ0) is 11.2. The lowest BCUT2D eigenvalue weighted by Crippen LogP contribution is -2.16. The van der Waals surface area contributed by atoms with Gasteiger partial charge in [0.2, 0.25) is 0 Å². The van der Waals surface area contributed by atoms with Crippen LogP contribution in [0.1, 0.15) is 37.7 Å². The predicted octanol–water partition coefficient (Wildman–Crippen LogP) is 2.37. The maximum absolute atomic E-state index is 4.55. The molecule has 0 saturated heterocycles. The average Bonchev–Trinajstić information content (AvgIpc) is 3.11. The quantitative estimate of drug-likeness (QED) is 0.739. The first-order chi connectivity index (χ1) is 7.88. The van der Waals surface area contributed by atoms with Crippen LogP contribution in [-0.2, 0) is 12.3 Å². The summed E-state index contributed by atoms with van der Waals surface area (Å²) in [6, 6.07) is 2.75. The van der Waals surface area contributed by atoms with Gasteiger partial charge in [-0.1, -0.05) is 6.92 Å². The van der Waals surface area contributed by atoms with Gasteiger partial charge in [0.05, 0.1) is 11.4 Å². The van der Waals surface area contributed by atoms with Crippen LogP contribution in [0.25, 0.3) is 0 Å². The largest absolute Gasteiger partial charge is 0.308 e. The topological polar surface area (TPSA) is 37.8 Å². The SMILES string of the molecule is CCCSCc1nccc(CNC2CC2)n1. The zero-order valence-electron chi connectivity index (χ0n) is 9.78. The van der Waals surface area contributed by atoms with E-state index in [-0.39, 0.29) is 0 Å². The summed E-state index contributed by atoms with van der Waals surface area (Å²) in [5, 5.41) is 3.47. The van der Waals surface area contributed by atoms with E-state index in [9.17, 15) is 0 Å². The number of hydrogen-bond donors (Lipinski definition) is 1. The van der Waals surface area contributed by atoms with E-state index in [0.717, 1.165) is 29.9 Å². The molecule has 0 amide bonds. The molecule has 0 unspecified atom stereocenters. The summed E-state index contributed by atoms with van der Waals surface area (Å²) in [6.07, 6.45) is 5.74. The number of hydrogen-bond acceptors (Lipinski definition) is 4. The van der Waals surface area contributed by atoms with Gasteiger partial charge in [-0.25, -0.2) is 9.97 Å². The molecule has 2 rings (SSSR count). The maximum atomic E-state index is 4.55. The van der Waals surface area contributed by atoms with Crippen molar-refractivity contribution in [2.75, 3.05) is 5.75 Å². The highest BCUT2D eigenvalue weighted by molar-refractivity contribution is 7.98. The highest BCUT2D eigenvalue weighted by atomic mass is 32.2. The van der Waals surface area contributed by atoms with E-state index < -0.39 is 0 Å². The number of thioether (sulfide) groups is 1. The molecule has 4 heteroatoms. The number of rotatable bonds is 7. The van der Waals surface area contributed by atoms with Crippen LogP contribution in [0.4, 0.5) is 0 Å². The molecular weight excluding hydrogens is 218 g/mol. The third-order valence-electron chi connectivity index (χ3n) is 2.49. The molecule has 88 valence electrons. The molecule has 1 aliphatic rings. The average molecular weight is 237 g/mol. The molecule has 3 nitrogen and oxygen atoms in total. The van der Waals surface area contributed by atoms with Crippen LogP contribution in [-0.4, -0.2) is 21.8 Å². The van der Waals surface area contributed by atoms with Crippen molar-refractivity contribution < 1.29 is 0 Å². The molecule has 1 N–H and O–H groups in total. The molecule has 0 bridgehead atoms. The molecule has 1 aromatic heterocycles. The summed E-state index contributed by atoms with van der Waals surface area (Å²) in [4.78, 5) is 8.84. The van der Waals surface area contributed by atoms with E-state index in [0.29, 0.717) is 0 Å². The monoisotopic (exact) mass is 237 g/mol. The lowest BCUT2D eigenvalue weighted by atomic mass is 10.4. The second kappa shape index (κ2) is 6.21. The minimum atomic E-state index is 0.743. The molecule has 1 aliphatic carbocycles. The van der Waals surface area contributed by atoms with Crippen LogP contribution in [0.15, 0.2) is 12.3 Å². The van der Waals surface area contributed by atoms with Crippen molar-refractivity contribution in [3.63, 3.8) is 0 Å². The molecule has 1 aromatic rings. The fraction of sp³-hybridized carbons (Fsp3) is 0.667. The van der Waals surface area contributed by atoms with Gasteiger partial charge in [0, 0.05) is 18.8 Å². The molecule has 0 aromatic carbocycles. The van der Waals surface area contributed by atoms with Gasteiger partial charge in [0.15, 0.2) is 0 Å². The van der Waals surface area contributed by atoms with Crippen molar-refractivity contribution in [1.29, 1.82) is 0 Å². The number of nitrogens with one attached hydrogen (secondary N) is 1. The van der Waals surface area contributed by atoms with Crippen molar-refractivity contribution in [3.05, 3.63) is 23.8 Å². The van der Waals surface area contributed by atoms with Crippen molar-refractivity contribution in [2.24, 2.45) is 0 Å². The summed E-state index contributed by atoms with van der Waals surface area (Å²) >= 11 is 1.91. The summed E-state index contributed by atoms with van der Waals surface area (Å²) in [5.74, 6) is 3.09. The predicted molar refractivity (Wildman–Crippen MR) is 68.3 cm³/mol. The van der Waals surface area contributed by atoms with Crippen molar-refractivity contribution in [2.45, 2.75) is 44.5 Å². The summed E-state index contributed by atoms with van der Waals surface area (Å²) in [5.41, 5.74) is 1.12. The third-order valence-corrected chi connectivity index (χ3v) is 3.65. The van der Waals surface area contributed by atoms with Gasteiger partial charge in [-0.15, -0.1) is 0 Å². The normalized spacial score (nSPS) is 15.3.